The molecule has 8 aromatic heterocycles. The molecule has 0 aliphatic heterocycles. The van der Waals surface area contributed by atoms with Crippen LogP contribution < -0.4 is 18.9 Å². The van der Waals surface area contributed by atoms with E-state index >= 15 is 0 Å². The number of nitriles is 4. The molecule has 0 saturated carbocycles. The molecule has 8 heterocycles. The van der Waals surface area contributed by atoms with E-state index in [1.54, 1.807) is 12.2 Å². The van der Waals surface area contributed by atoms with E-state index in [0.29, 0.717) is 48.6 Å². The van der Waals surface area contributed by atoms with Crippen LogP contribution >= 0.6 is 91.5 Å². The van der Waals surface area contributed by atoms with Gasteiger partial charge in [0.15, 0.2) is 0 Å². The molecule has 0 N–H and O–H groups in total. The van der Waals surface area contributed by atoms with E-state index in [-0.39, 0.29) is 11.1 Å². The number of benzene rings is 6. The molecule has 0 radical (unpaired) electrons. The Morgan fingerprint density at radius 1 is 0.280 bits per heavy atom. The summed E-state index contributed by atoms with van der Waals surface area (Å²) in [6, 6.07) is 58.1. The minimum absolute atomic E-state index is 0.0127. The van der Waals surface area contributed by atoms with Crippen molar-refractivity contribution in [2.24, 2.45) is 0 Å². The Labute approximate surface area is 814 Å². The molecule has 20 heteroatoms. The van der Waals surface area contributed by atoms with Crippen molar-refractivity contribution >= 4 is 154 Å². The molecule has 2 aliphatic carbocycles. The van der Waals surface area contributed by atoms with E-state index in [4.69, 9.17) is 36.4 Å². The zero-order valence-corrected chi connectivity index (χ0v) is 84.0. The van der Waals surface area contributed by atoms with E-state index in [0.717, 1.165) is 152 Å². The lowest BCUT2D eigenvalue weighted by atomic mass is 9.67. The first kappa shape index (κ1) is 95.7. The molecule has 132 heavy (non-hydrogen) atoms. The van der Waals surface area contributed by atoms with Crippen LogP contribution in [0.3, 0.4) is 0 Å². The second-order valence-electron chi connectivity index (χ2n) is 36.1. The number of hydrogen-bond donors (Lipinski definition) is 0. The van der Waals surface area contributed by atoms with Crippen molar-refractivity contribution in [1.29, 1.82) is 21.0 Å². The van der Waals surface area contributed by atoms with Gasteiger partial charge in [-0.25, -0.2) is 0 Å². The molecule has 684 valence electrons. The summed E-state index contributed by atoms with van der Waals surface area (Å²) < 4.78 is 54.1. The Kier molecular flexibility index (Phi) is 34.6. The summed E-state index contributed by atoms with van der Waals surface area (Å²) in [5.41, 5.74) is 14.1. The van der Waals surface area contributed by atoms with Gasteiger partial charge in [0.2, 0.25) is 0 Å². The lowest BCUT2D eigenvalue weighted by Crippen LogP contribution is -2.29. The van der Waals surface area contributed by atoms with Gasteiger partial charge in [0, 0.05) is 63.7 Å². The van der Waals surface area contributed by atoms with E-state index < -0.39 is 10.8 Å². The van der Waals surface area contributed by atoms with E-state index in [9.17, 15) is 21.0 Å². The van der Waals surface area contributed by atoms with Crippen LogP contribution in [-0.2, 0) is 10.8 Å². The molecule has 0 spiro atoms. The quantitative estimate of drug-likeness (QED) is 0.0260. The highest BCUT2D eigenvalue weighted by atomic mass is 32.1. The van der Waals surface area contributed by atoms with Gasteiger partial charge < -0.3 is 18.9 Å². The Balaban J connectivity index is 0.858. The molecule has 12 nitrogen and oxygen atoms in total. The van der Waals surface area contributed by atoms with Crippen LogP contribution in [0.2, 0.25) is 0 Å². The van der Waals surface area contributed by atoms with Crippen LogP contribution in [0.15, 0.2) is 145 Å². The normalized spacial score (nSPS) is 12.8. The van der Waals surface area contributed by atoms with Gasteiger partial charge >= 0.3 is 0 Å². The molecule has 0 amide bonds. The largest absolute Gasteiger partial charge is 0.494 e. The molecule has 0 fully saturated rings. The third kappa shape index (κ3) is 21.3. The first-order valence-electron chi connectivity index (χ1n) is 49.4. The molecule has 6 aromatic carbocycles. The molecular formula is C112H124N8O4S8. The first-order valence-corrected chi connectivity index (χ1v) is 55.8. The minimum Gasteiger partial charge on any atom is -0.494 e. The van der Waals surface area contributed by atoms with Gasteiger partial charge in [0.05, 0.1) is 99.0 Å². The van der Waals surface area contributed by atoms with Crippen molar-refractivity contribution in [1.82, 2.24) is 17.5 Å². The smallest absolute Gasteiger partial charge is 0.130 e. The average Bonchev–Trinajstić information content (AvgIpc) is 1.47. The van der Waals surface area contributed by atoms with Gasteiger partial charge in [-0.2, -0.15) is 38.5 Å². The second kappa shape index (κ2) is 47.7. The summed E-state index contributed by atoms with van der Waals surface area (Å²) in [5, 5.41) is 39.8. The predicted octanol–water partition coefficient (Wildman–Crippen LogP) is 35.6. The summed E-state index contributed by atoms with van der Waals surface area (Å²) in [6.45, 7) is 11.8. The maximum Gasteiger partial charge on any atom is 0.130 e. The highest BCUT2D eigenvalue weighted by Gasteiger charge is 2.57. The van der Waals surface area contributed by atoms with E-state index in [1.165, 1.54) is 275 Å². The molecule has 14 aromatic rings. The zero-order chi connectivity index (χ0) is 90.9. The van der Waals surface area contributed by atoms with Crippen LogP contribution in [0.1, 0.15) is 340 Å². The number of unbranched alkanes of at least 4 members (excludes halogenated alkanes) is 36. The Morgan fingerprint density at radius 2 is 0.523 bits per heavy atom. The van der Waals surface area contributed by atoms with Crippen LogP contribution in [0.25, 0.3) is 103 Å². The number of ether oxygens (including phenoxy) is 4. The van der Waals surface area contributed by atoms with Gasteiger partial charge in [-0.3, -0.25) is 0 Å². The fourth-order valence-electron chi connectivity index (χ4n) is 19.9. The van der Waals surface area contributed by atoms with Gasteiger partial charge in [0.1, 0.15) is 80.5 Å². The summed E-state index contributed by atoms with van der Waals surface area (Å²) in [5.74, 6) is 3.46. The highest BCUT2D eigenvalue weighted by Crippen LogP contribution is 2.73. The van der Waals surface area contributed by atoms with Gasteiger partial charge in [-0.15, -0.1) is 68.0 Å². The summed E-state index contributed by atoms with van der Waals surface area (Å²) in [6.07, 6.45) is 53.6. The summed E-state index contributed by atoms with van der Waals surface area (Å²) in [4.78, 5) is 7.21. The maximum absolute atomic E-state index is 9.95. The van der Waals surface area contributed by atoms with Crippen LogP contribution in [0.4, 0.5) is 0 Å². The van der Waals surface area contributed by atoms with Crippen molar-refractivity contribution < 1.29 is 18.9 Å². The molecule has 0 saturated heterocycles. The zero-order valence-electron chi connectivity index (χ0n) is 77.4. The van der Waals surface area contributed by atoms with Gasteiger partial charge in [0.25, 0.3) is 0 Å². The molecule has 0 bridgehead atoms. The predicted molar refractivity (Wildman–Crippen MR) is 561 cm³/mol. The Bertz CT molecular complexity index is 5840. The van der Waals surface area contributed by atoms with E-state index in [1.807, 2.05) is 80.2 Å². The van der Waals surface area contributed by atoms with Crippen LogP contribution in [-0.4, -0.2) is 43.9 Å². The monoisotopic (exact) mass is 1900 g/mol. The van der Waals surface area contributed by atoms with Gasteiger partial charge in [-0.1, -0.05) is 332 Å². The number of fused-ring (bicyclic) bond motifs is 15. The summed E-state index contributed by atoms with van der Waals surface area (Å²) >= 11 is 13.6. The van der Waals surface area contributed by atoms with Crippen molar-refractivity contribution in [3.05, 3.63) is 200 Å². The summed E-state index contributed by atoms with van der Waals surface area (Å²) in [7, 11) is 0. The fourth-order valence-corrected chi connectivity index (χ4v) is 30.0. The first-order chi connectivity index (χ1) is 65.2. The maximum atomic E-state index is 9.95. The molecule has 0 unspecified atom stereocenters. The van der Waals surface area contributed by atoms with Gasteiger partial charge in [-0.05, 0) is 121 Å². The SMILES string of the molecule is CCCCCCCCCCCCOc1ccc(C2(c3ccc(OCCCCCCCCCCCC)cc3)c3c(sc4cc(-c5ccc(C=C(C#N)C#N)c6nsnc56)sc34)-c3sc4c5c(sc4c32)-c2sc3cc(-c4ccc(C=C(C#N)C#N)c6nsnc46)sc3c2C5(c2ccc(OCCCCCCCCCCCC)cc2)c2ccc(OCCCCCCCCCCCC)cc2)cc1. The standard InChI is InChI=1S/C112H124N8O4S8/c1-5-9-13-17-21-25-29-33-37-41-65-121-85-55-47-81(48-56-85)111(82-49-57-86(58-50-82)122-66-42-38-34-30-26-22-18-14-10-6-2)95-103-93(71-91(125-103)89-63-45-79(69-77(73-113)74-114)99-101(89)119-131-117-99)127-105(95)107-97(111)109-110(129-107)98-108(130-109)106-96(104-94(128-106)72-92(126-104)90-64-46-80(70-78(75-115)76-116)100-102(90)120-132-118-100)112(98,83-51-59-87(60-52-83)123-67-43-39-35-31-27-23-19-15-11-7-3)84-53-61-88(62-54-84)124-68-44-40-36-32-28-24-20-16-12-8-4/h45-64,69-72H,5-44,65-68H2,1-4H3. The van der Waals surface area contributed by atoms with Crippen molar-refractivity contribution in [3.8, 4) is 87.7 Å². The van der Waals surface area contributed by atoms with Crippen molar-refractivity contribution in [3.63, 3.8) is 0 Å². The number of nitrogens with zero attached hydrogens (tertiary/aromatic N) is 8. The van der Waals surface area contributed by atoms with Crippen molar-refractivity contribution in [2.45, 2.75) is 295 Å². The lowest BCUT2D eigenvalue weighted by molar-refractivity contribution is 0.304. The average molecular weight is 1900 g/mol. The molecular weight excluding hydrogens is 1780 g/mol. The number of aromatic nitrogens is 4. The lowest BCUT2D eigenvalue weighted by Gasteiger charge is -2.34. The number of rotatable bonds is 56. The number of allylic oxidation sites excluding steroid dienone is 2. The highest BCUT2D eigenvalue weighted by molar-refractivity contribution is 7.38. The van der Waals surface area contributed by atoms with Crippen LogP contribution in [0.5, 0.6) is 23.0 Å². The molecule has 0 atom stereocenters. The number of hydrogen-bond acceptors (Lipinski definition) is 20. The van der Waals surface area contributed by atoms with Crippen LogP contribution in [0, 0.1) is 45.3 Å². The Morgan fingerprint density at radius 3 is 0.788 bits per heavy atom. The third-order valence-electron chi connectivity index (χ3n) is 26.9. The minimum atomic E-state index is -0.883. The molecule has 2 aliphatic rings. The third-order valence-corrected chi connectivity index (χ3v) is 35.7. The second-order valence-corrected chi connectivity index (χ2v) is 43.4. The Hall–Kier alpha value is -9.42. The topological polar surface area (TPSA) is 184 Å². The van der Waals surface area contributed by atoms with E-state index in [2.05, 4.69) is 173 Å². The fraction of sp³-hybridized carbons (Fsp3) is 0.446. The molecule has 16 rings (SSSR count). The van der Waals surface area contributed by atoms with Crippen molar-refractivity contribution in [2.75, 3.05) is 26.4 Å². The number of thiophene rings is 6.